The van der Waals surface area contributed by atoms with Crippen molar-refractivity contribution in [3.8, 4) is 0 Å². The summed E-state index contributed by atoms with van der Waals surface area (Å²) in [6.07, 6.45) is 8.43. The highest BCUT2D eigenvalue weighted by Crippen LogP contribution is 2.23. The first-order valence-electron chi connectivity index (χ1n) is 11.1. The SMILES string of the molecule is CCn1nccc1C(=O)N1CCC(Cc2ccc(COCc3ccncc3)cc2)CC1. The van der Waals surface area contributed by atoms with Crippen LogP contribution in [0.2, 0.25) is 0 Å². The summed E-state index contributed by atoms with van der Waals surface area (Å²) in [6.45, 7) is 5.57. The summed E-state index contributed by atoms with van der Waals surface area (Å²) in [7, 11) is 0. The van der Waals surface area contributed by atoms with E-state index in [0.717, 1.165) is 44.5 Å². The van der Waals surface area contributed by atoms with Gasteiger partial charge in [-0.3, -0.25) is 14.5 Å². The van der Waals surface area contributed by atoms with E-state index in [1.165, 1.54) is 11.1 Å². The number of amides is 1. The highest BCUT2D eigenvalue weighted by atomic mass is 16.5. The average Bonchev–Trinajstić information content (AvgIpc) is 3.30. The molecule has 6 heteroatoms. The van der Waals surface area contributed by atoms with Crippen molar-refractivity contribution in [1.82, 2.24) is 19.7 Å². The minimum atomic E-state index is 0.105. The molecule has 0 radical (unpaired) electrons. The number of hydrogen-bond acceptors (Lipinski definition) is 4. The summed E-state index contributed by atoms with van der Waals surface area (Å²) in [5, 5.41) is 4.22. The molecule has 1 aliphatic heterocycles. The lowest BCUT2D eigenvalue weighted by Gasteiger charge is -2.32. The molecule has 4 rings (SSSR count). The lowest BCUT2D eigenvalue weighted by atomic mass is 9.90. The number of carbonyl (C=O) groups is 1. The van der Waals surface area contributed by atoms with Gasteiger partial charge in [0.2, 0.25) is 0 Å². The predicted molar refractivity (Wildman–Crippen MR) is 119 cm³/mol. The van der Waals surface area contributed by atoms with Crippen molar-refractivity contribution in [3.63, 3.8) is 0 Å². The van der Waals surface area contributed by atoms with Gasteiger partial charge in [-0.1, -0.05) is 24.3 Å². The third kappa shape index (κ3) is 5.58. The summed E-state index contributed by atoms with van der Waals surface area (Å²) < 4.78 is 7.58. The molecule has 1 saturated heterocycles. The lowest BCUT2D eigenvalue weighted by molar-refractivity contribution is 0.0678. The van der Waals surface area contributed by atoms with Crippen LogP contribution in [0.15, 0.2) is 61.1 Å². The molecule has 3 heterocycles. The standard InChI is InChI=1S/C25H30N4O2/c1-2-29-24(9-14-27-29)25(30)28-15-10-21(11-16-28)17-20-3-5-22(6-4-20)18-31-19-23-7-12-26-13-8-23/h3-9,12-14,21H,2,10-11,15-19H2,1H3. The Morgan fingerprint density at radius 2 is 1.58 bits per heavy atom. The van der Waals surface area contributed by atoms with Crippen LogP contribution in [0.4, 0.5) is 0 Å². The van der Waals surface area contributed by atoms with Gasteiger partial charge in [-0.25, -0.2) is 0 Å². The zero-order valence-corrected chi connectivity index (χ0v) is 18.1. The Kier molecular flexibility index (Phi) is 7.10. The number of ether oxygens (including phenoxy) is 1. The van der Waals surface area contributed by atoms with Crippen LogP contribution in [0, 0.1) is 5.92 Å². The third-order valence-corrected chi connectivity index (χ3v) is 5.97. The smallest absolute Gasteiger partial charge is 0.272 e. The molecular weight excluding hydrogens is 388 g/mol. The van der Waals surface area contributed by atoms with Gasteiger partial charge in [0.05, 0.1) is 13.2 Å². The minimum absolute atomic E-state index is 0.105. The molecule has 0 unspecified atom stereocenters. The molecular formula is C25H30N4O2. The van der Waals surface area contributed by atoms with Crippen LogP contribution < -0.4 is 0 Å². The minimum Gasteiger partial charge on any atom is -0.372 e. The van der Waals surface area contributed by atoms with E-state index in [2.05, 4.69) is 34.3 Å². The summed E-state index contributed by atoms with van der Waals surface area (Å²) in [4.78, 5) is 18.8. The highest BCUT2D eigenvalue weighted by molar-refractivity contribution is 5.92. The molecule has 1 amide bonds. The Morgan fingerprint density at radius 3 is 2.26 bits per heavy atom. The first kappa shape index (κ1) is 21.2. The molecule has 162 valence electrons. The van der Waals surface area contributed by atoms with Crippen LogP contribution in [0.1, 0.15) is 46.9 Å². The number of carbonyl (C=O) groups excluding carboxylic acids is 1. The molecule has 1 aromatic carbocycles. The number of benzene rings is 1. The van der Waals surface area contributed by atoms with E-state index >= 15 is 0 Å². The molecule has 3 aromatic rings. The number of nitrogens with zero attached hydrogens (tertiary/aromatic N) is 4. The second-order valence-corrected chi connectivity index (χ2v) is 8.14. The Balaban J connectivity index is 1.22. The van der Waals surface area contributed by atoms with Gasteiger partial charge < -0.3 is 9.64 Å². The first-order chi connectivity index (χ1) is 15.2. The second kappa shape index (κ2) is 10.4. The number of aromatic nitrogens is 3. The van der Waals surface area contributed by atoms with Crippen molar-refractivity contribution in [2.75, 3.05) is 13.1 Å². The maximum absolute atomic E-state index is 12.8. The first-order valence-corrected chi connectivity index (χ1v) is 11.1. The molecule has 0 bridgehead atoms. The molecule has 31 heavy (non-hydrogen) atoms. The zero-order valence-electron chi connectivity index (χ0n) is 18.1. The highest BCUT2D eigenvalue weighted by Gasteiger charge is 2.25. The fourth-order valence-corrected chi connectivity index (χ4v) is 4.14. The van der Waals surface area contributed by atoms with Gasteiger partial charge in [0, 0.05) is 38.2 Å². The Labute approximate surface area is 183 Å². The molecule has 0 N–H and O–H groups in total. The van der Waals surface area contributed by atoms with Gasteiger partial charge in [0.1, 0.15) is 5.69 Å². The lowest BCUT2D eigenvalue weighted by Crippen LogP contribution is -2.39. The van der Waals surface area contributed by atoms with Gasteiger partial charge >= 0.3 is 0 Å². The number of rotatable bonds is 8. The number of likely N-dealkylation sites (tertiary alicyclic amines) is 1. The number of pyridine rings is 1. The van der Waals surface area contributed by atoms with E-state index in [1.807, 2.05) is 30.0 Å². The number of hydrogen-bond donors (Lipinski definition) is 0. The summed E-state index contributed by atoms with van der Waals surface area (Å²) in [5.74, 6) is 0.725. The molecule has 1 aliphatic rings. The molecule has 2 aromatic heterocycles. The largest absolute Gasteiger partial charge is 0.372 e. The maximum atomic E-state index is 12.8. The van der Waals surface area contributed by atoms with Crippen molar-refractivity contribution in [1.29, 1.82) is 0 Å². The molecule has 6 nitrogen and oxygen atoms in total. The van der Waals surface area contributed by atoms with Crippen molar-refractivity contribution in [2.45, 2.75) is 45.9 Å². The van der Waals surface area contributed by atoms with Crippen LogP contribution in [-0.2, 0) is 30.9 Å². The maximum Gasteiger partial charge on any atom is 0.272 e. The molecule has 0 saturated carbocycles. The zero-order chi connectivity index (χ0) is 21.5. The Bertz CT molecular complexity index is 961. The average molecular weight is 419 g/mol. The van der Waals surface area contributed by atoms with Crippen molar-refractivity contribution >= 4 is 5.91 Å². The quantitative estimate of drug-likeness (QED) is 0.552. The summed E-state index contributed by atoms with van der Waals surface area (Å²) in [6, 6.07) is 14.5. The van der Waals surface area contributed by atoms with Crippen LogP contribution in [0.25, 0.3) is 0 Å². The van der Waals surface area contributed by atoms with Crippen LogP contribution >= 0.6 is 0 Å². The van der Waals surface area contributed by atoms with Crippen LogP contribution in [0.5, 0.6) is 0 Å². The van der Waals surface area contributed by atoms with E-state index in [9.17, 15) is 4.79 Å². The van der Waals surface area contributed by atoms with E-state index in [1.54, 1.807) is 23.3 Å². The summed E-state index contributed by atoms with van der Waals surface area (Å²) in [5.41, 5.74) is 4.37. The fraction of sp³-hybridized carbons (Fsp3) is 0.400. The number of aryl methyl sites for hydroxylation is 1. The van der Waals surface area contributed by atoms with Gasteiger partial charge in [-0.2, -0.15) is 5.10 Å². The van der Waals surface area contributed by atoms with Crippen LogP contribution in [0.3, 0.4) is 0 Å². The van der Waals surface area contributed by atoms with Gasteiger partial charge in [-0.05, 0) is 67.0 Å². The van der Waals surface area contributed by atoms with Crippen molar-refractivity contribution in [2.24, 2.45) is 5.92 Å². The van der Waals surface area contributed by atoms with Gasteiger partial charge in [0.15, 0.2) is 0 Å². The normalized spacial score (nSPS) is 14.7. The van der Waals surface area contributed by atoms with Crippen molar-refractivity contribution in [3.05, 3.63) is 83.4 Å². The molecule has 0 atom stereocenters. The molecule has 1 fully saturated rings. The fourth-order valence-electron chi connectivity index (χ4n) is 4.14. The topological polar surface area (TPSA) is 60.2 Å². The van der Waals surface area contributed by atoms with Crippen LogP contribution in [-0.4, -0.2) is 38.7 Å². The van der Waals surface area contributed by atoms with Gasteiger partial charge in [0.25, 0.3) is 5.91 Å². The van der Waals surface area contributed by atoms with Gasteiger partial charge in [-0.15, -0.1) is 0 Å². The Morgan fingerprint density at radius 1 is 0.935 bits per heavy atom. The molecule has 0 spiro atoms. The second-order valence-electron chi connectivity index (χ2n) is 8.14. The third-order valence-electron chi connectivity index (χ3n) is 5.97. The van der Waals surface area contributed by atoms with E-state index in [0.29, 0.717) is 24.8 Å². The van der Waals surface area contributed by atoms with E-state index < -0.39 is 0 Å². The Hall–Kier alpha value is -2.99. The molecule has 0 aliphatic carbocycles. The van der Waals surface area contributed by atoms with Crippen molar-refractivity contribution < 1.29 is 9.53 Å². The predicted octanol–water partition coefficient (Wildman–Crippen LogP) is 4.11. The van der Waals surface area contributed by atoms with E-state index in [4.69, 9.17) is 4.74 Å². The monoisotopic (exact) mass is 418 g/mol. The van der Waals surface area contributed by atoms with E-state index in [-0.39, 0.29) is 5.91 Å². The number of piperidine rings is 1. The summed E-state index contributed by atoms with van der Waals surface area (Å²) >= 11 is 0.